The van der Waals surface area contributed by atoms with Gasteiger partial charge in [0.25, 0.3) is 0 Å². The van der Waals surface area contributed by atoms with Crippen LogP contribution in [0.3, 0.4) is 0 Å². The molecule has 2 aliphatic heterocycles. The van der Waals surface area contributed by atoms with Crippen molar-refractivity contribution in [1.82, 2.24) is 9.80 Å². The lowest BCUT2D eigenvalue weighted by Crippen LogP contribution is -2.73. The Hall–Kier alpha value is -3.71. The van der Waals surface area contributed by atoms with Crippen molar-refractivity contribution >= 4 is 17.6 Å². The molecule has 2 saturated heterocycles. The Morgan fingerprint density at radius 1 is 1.06 bits per heavy atom. The van der Waals surface area contributed by atoms with Crippen LogP contribution in [0.2, 0.25) is 0 Å². The number of aliphatic hydroxyl groups excluding tert-OH is 1. The van der Waals surface area contributed by atoms with Crippen LogP contribution in [0.25, 0.3) is 11.1 Å². The molecular weight excluding hydrogens is 433 g/mol. The zero-order chi connectivity index (χ0) is 23.8. The number of nitrogens with zero attached hydrogens (tertiary/aromatic N) is 2. The van der Waals surface area contributed by atoms with Gasteiger partial charge in [-0.25, -0.2) is 9.18 Å². The number of halogens is 1. The van der Waals surface area contributed by atoms with E-state index in [1.54, 1.807) is 4.90 Å². The summed E-state index contributed by atoms with van der Waals surface area (Å²) in [5, 5.41) is 12.7. The van der Waals surface area contributed by atoms with E-state index in [0.717, 1.165) is 11.1 Å². The second-order valence-corrected chi connectivity index (χ2v) is 8.90. The van der Waals surface area contributed by atoms with E-state index >= 15 is 0 Å². The number of amides is 3. The van der Waals surface area contributed by atoms with Gasteiger partial charge in [0.2, 0.25) is 5.91 Å². The zero-order valence-corrected chi connectivity index (χ0v) is 18.8. The van der Waals surface area contributed by atoms with Gasteiger partial charge in [-0.15, -0.1) is 0 Å². The first-order valence-corrected chi connectivity index (χ1v) is 11.4. The monoisotopic (exact) mass is 459 g/mol. The molecule has 3 atom stereocenters. The minimum absolute atomic E-state index is 0.0566. The van der Waals surface area contributed by atoms with E-state index in [0.29, 0.717) is 12.2 Å². The van der Waals surface area contributed by atoms with Gasteiger partial charge in [0, 0.05) is 18.2 Å². The van der Waals surface area contributed by atoms with Gasteiger partial charge in [-0.3, -0.25) is 4.79 Å². The zero-order valence-electron chi connectivity index (χ0n) is 18.8. The number of rotatable bonds is 4. The van der Waals surface area contributed by atoms with Crippen LogP contribution < -0.4 is 5.32 Å². The molecule has 2 fully saturated rings. The van der Waals surface area contributed by atoms with Crippen LogP contribution in [0, 0.1) is 12.7 Å². The van der Waals surface area contributed by atoms with Gasteiger partial charge in [0.1, 0.15) is 12.4 Å². The minimum Gasteiger partial charge on any atom is -0.394 e. The fourth-order valence-electron chi connectivity index (χ4n) is 5.17. The summed E-state index contributed by atoms with van der Waals surface area (Å²) < 4.78 is 13.2. The number of carbonyl (C=O) groups excluding carboxylic acids is 2. The second-order valence-electron chi connectivity index (χ2n) is 8.90. The molecule has 7 heteroatoms. The van der Waals surface area contributed by atoms with Crippen molar-refractivity contribution in [2.75, 3.05) is 25.0 Å². The maximum atomic E-state index is 13.2. The topological polar surface area (TPSA) is 72.9 Å². The molecule has 0 aromatic heterocycles. The number of aliphatic hydroxyl groups is 1. The van der Waals surface area contributed by atoms with E-state index in [9.17, 15) is 19.1 Å². The third-order valence-electron chi connectivity index (χ3n) is 6.89. The Labute approximate surface area is 197 Å². The van der Waals surface area contributed by atoms with Gasteiger partial charge in [0.15, 0.2) is 0 Å². The van der Waals surface area contributed by atoms with Crippen molar-refractivity contribution in [2.45, 2.75) is 24.9 Å². The molecule has 3 aromatic rings. The number of aryl methyl sites for hydroxylation is 1. The summed E-state index contributed by atoms with van der Waals surface area (Å²) in [6.45, 7) is 2.25. The highest BCUT2D eigenvalue weighted by atomic mass is 19.1. The number of hydrogen-bond donors (Lipinski definition) is 2. The molecule has 0 saturated carbocycles. The Bertz CT molecular complexity index is 1210. The molecule has 0 bridgehead atoms. The maximum Gasteiger partial charge on any atom is 0.322 e. The molecule has 0 spiro atoms. The molecular formula is C27H26FN3O3. The van der Waals surface area contributed by atoms with Crippen LogP contribution in [0.4, 0.5) is 14.9 Å². The molecule has 1 unspecified atom stereocenters. The predicted octanol–water partition coefficient (Wildman–Crippen LogP) is 4.00. The Balaban J connectivity index is 1.34. The highest BCUT2D eigenvalue weighted by Gasteiger charge is 2.54. The second kappa shape index (κ2) is 8.91. The smallest absolute Gasteiger partial charge is 0.322 e. The third-order valence-corrected chi connectivity index (χ3v) is 6.89. The van der Waals surface area contributed by atoms with E-state index in [4.69, 9.17) is 0 Å². The first-order valence-electron chi connectivity index (χ1n) is 11.4. The third kappa shape index (κ3) is 3.92. The summed E-state index contributed by atoms with van der Waals surface area (Å²) in [7, 11) is 0. The van der Waals surface area contributed by atoms with Gasteiger partial charge in [0.05, 0.1) is 18.7 Å². The maximum absolute atomic E-state index is 13.2. The number of fused-ring (bicyclic) bond motifs is 1. The van der Waals surface area contributed by atoms with Crippen LogP contribution in [-0.2, 0) is 4.79 Å². The molecule has 0 aliphatic carbocycles. The lowest BCUT2D eigenvalue weighted by atomic mass is 9.73. The minimum atomic E-state index is -0.402. The standard InChI is InChI=1S/C27H26FN3O3/c1-17-4-2-3-5-22(17)18-6-8-19(9-7-18)26-23-14-30(15-25(33)31(23)24(26)16-32)27(34)29-21-12-10-20(28)11-13-21/h2-13,23-24,26,32H,14-16H2,1H3,(H,29,34)/t23-,24-,26?/m1/s1. The van der Waals surface area contributed by atoms with Crippen molar-refractivity contribution in [3.8, 4) is 11.1 Å². The Morgan fingerprint density at radius 3 is 2.44 bits per heavy atom. The molecule has 3 aromatic carbocycles. The normalized spacial score (nSPS) is 21.6. The quantitative estimate of drug-likeness (QED) is 0.619. The van der Waals surface area contributed by atoms with Crippen LogP contribution in [0.15, 0.2) is 72.8 Å². The summed E-state index contributed by atoms with van der Waals surface area (Å²) in [6, 6.07) is 21.0. The van der Waals surface area contributed by atoms with Crippen molar-refractivity contribution in [3.05, 3.63) is 89.7 Å². The van der Waals surface area contributed by atoms with Crippen molar-refractivity contribution in [1.29, 1.82) is 0 Å². The lowest BCUT2D eigenvalue weighted by molar-refractivity contribution is -0.159. The number of hydrogen-bond acceptors (Lipinski definition) is 3. The molecule has 6 nitrogen and oxygen atoms in total. The molecule has 174 valence electrons. The van der Waals surface area contributed by atoms with Gasteiger partial charge in [-0.05, 0) is 53.4 Å². The summed E-state index contributed by atoms with van der Waals surface area (Å²) in [6.07, 6.45) is 0. The van der Waals surface area contributed by atoms with Crippen molar-refractivity contribution in [2.24, 2.45) is 0 Å². The number of carbonyl (C=O) groups is 2. The number of nitrogens with one attached hydrogen (secondary N) is 1. The SMILES string of the molecule is Cc1ccccc1-c1ccc(C2[C@@H](CO)N3C(=O)CN(C(=O)Nc4ccc(F)cc4)C[C@H]23)cc1. The van der Waals surface area contributed by atoms with Gasteiger partial charge in [-0.1, -0.05) is 48.5 Å². The Morgan fingerprint density at radius 2 is 1.76 bits per heavy atom. The molecule has 34 heavy (non-hydrogen) atoms. The predicted molar refractivity (Wildman–Crippen MR) is 128 cm³/mol. The van der Waals surface area contributed by atoms with Crippen LogP contribution in [0.5, 0.6) is 0 Å². The highest BCUT2D eigenvalue weighted by Crippen LogP contribution is 2.43. The number of benzene rings is 3. The summed E-state index contributed by atoms with van der Waals surface area (Å²) in [5.74, 6) is -0.638. The number of anilines is 1. The van der Waals surface area contributed by atoms with E-state index in [2.05, 4.69) is 48.6 Å². The highest BCUT2D eigenvalue weighted by molar-refractivity contribution is 5.93. The van der Waals surface area contributed by atoms with Crippen LogP contribution >= 0.6 is 0 Å². The number of piperazine rings is 1. The summed E-state index contributed by atoms with van der Waals surface area (Å²) >= 11 is 0. The van der Waals surface area contributed by atoms with Crippen molar-refractivity contribution < 1.29 is 19.1 Å². The van der Waals surface area contributed by atoms with E-state index in [1.807, 2.05) is 12.1 Å². The van der Waals surface area contributed by atoms with E-state index in [-0.39, 0.29) is 42.9 Å². The van der Waals surface area contributed by atoms with Gasteiger partial charge < -0.3 is 20.2 Å². The molecule has 2 N–H and O–H groups in total. The fraction of sp³-hybridized carbons (Fsp3) is 0.259. The summed E-state index contributed by atoms with van der Waals surface area (Å²) in [5.41, 5.74) is 4.97. The first kappa shape index (κ1) is 22.1. The molecule has 2 heterocycles. The van der Waals surface area contributed by atoms with Gasteiger partial charge >= 0.3 is 6.03 Å². The number of urea groups is 1. The van der Waals surface area contributed by atoms with E-state index in [1.165, 1.54) is 40.3 Å². The van der Waals surface area contributed by atoms with Gasteiger partial charge in [-0.2, -0.15) is 0 Å². The van der Waals surface area contributed by atoms with E-state index < -0.39 is 6.03 Å². The molecule has 0 radical (unpaired) electrons. The fourth-order valence-corrected chi connectivity index (χ4v) is 5.17. The largest absolute Gasteiger partial charge is 0.394 e. The average molecular weight is 460 g/mol. The molecule has 2 aliphatic rings. The van der Waals surface area contributed by atoms with Crippen LogP contribution in [0.1, 0.15) is 17.0 Å². The molecule has 5 rings (SSSR count). The molecule has 3 amide bonds. The average Bonchev–Trinajstić information content (AvgIpc) is 2.82. The van der Waals surface area contributed by atoms with Crippen molar-refractivity contribution in [3.63, 3.8) is 0 Å². The summed E-state index contributed by atoms with van der Waals surface area (Å²) in [4.78, 5) is 28.8. The lowest BCUT2D eigenvalue weighted by Gasteiger charge is -2.58. The van der Waals surface area contributed by atoms with Crippen LogP contribution in [-0.4, -0.2) is 58.6 Å². The Kier molecular flexibility index (Phi) is 5.79. The first-order chi connectivity index (χ1) is 16.5.